The van der Waals surface area contributed by atoms with Crippen molar-refractivity contribution in [3.05, 3.63) is 5.01 Å². The summed E-state index contributed by atoms with van der Waals surface area (Å²) in [5.74, 6) is 0.659. The molecular formula is C10H17N3O2S. The summed E-state index contributed by atoms with van der Waals surface area (Å²) >= 11 is 1.62. The van der Waals surface area contributed by atoms with Gasteiger partial charge in [-0.3, -0.25) is 0 Å². The van der Waals surface area contributed by atoms with Crippen molar-refractivity contribution in [2.75, 3.05) is 25.6 Å². The van der Waals surface area contributed by atoms with Crippen molar-refractivity contribution in [1.82, 2.24) is 10.2 Å². The summed E-state index contributed by atoms with van der Waals surface area (Å²) in [5.41, 5.74) is 0. The Morgan fingerprint density at radius 2 is 2.38 bits per heavy atom. The van der Waals surface area contributed by atoms with Crippen molar-refractivity contribution in [2.24, 2.45) is 0 Å². The first-order valence-corrected chi connectivity index (χ1v) is 6.35. The third-order valence-electron chi connectivity index (χ3n) is 2.48. The van der Waals surface area contributed by atoms with E-state index in [0.717, 1.165) is 10.1 Å². The van der Waals surface area contributed by atoms with Crippen LogP contribution in [0.4, 0.5) is 5.13 Å². The molecule has 0 bridgehead atoms. The van der Waals surface area contributed by atoms with Crippen LogP contribution in [0.25, 0.3) is 0 Å². The Morgan fingerprint density at radius 1 is 1.56 bits per heavy atom. The van der Waals surface area contributed by atoms with E-state index in [9.17, 15) is 5.11 Å². The Kier molecular flexibility index (Phi) is 4.09. The minimum Gasteiger partial charge on any atom is -0.391 e. The molecule has 0 saturated heterocycles. The highest BCUT2D eigenvalue weighted by Gasteiger charge is 2.27. The average molecular weight is 243 g/mol. The molecule has 90 valence electrons. The van der Waals surface area contributed by atoms with E-state index < -0.39 is 6.10 Å². The predicted molar refractivity (Wildman–Crippen MR) is 62.9 cm³/mol. The van der Waals surface area contributed by atoms with Crippen molar-refractivity contribution in [3.8, 4) is 0 Å². The van der Waals surface area contributed by atoms with E-state index in [0.29, 0.717) is 25.5 Å². The maximum absolute atomic E-state index is 9.43. The fourth-order valence-electron chi connectivity index (χ4n) is 1.42. The lowest BCUT2D eigenvalue weighted by Gasteiger charge is -2.08. The molecule has 1 aromatic heterocycles. The first-order chi connectivity index (χ1) is 7.79. The largest absolute Gasteiger partial charge is 0.391 e. The average Bonchev–Trinajstić information content (AvgIpc) is 3.00. The molecule has 1 aliphatic carbocycles. The van der Waals surface area contributed by atoms with Crippen LogP contribution < -0.4 is 5.32 Å². The van der Waals surface area contributed by atoms with Crippen LogP contribution in [0.3, 0.4) is 0 Å². The van der Waals surface area contributed by atoms with Gasteiger partial charge >= 0.3 is 0 Å². The Labute approximate surface area is 98.9 Å². The molecule has 1 unspecified atom stereocenters. The van der Waals surface area contributed by atoms with Gasteiger partial charge in [0.25, 0.3) is 0 Å². The summed E-state index contributed by atoms with van der Waals surface area (Å²) in [6, 6.07) is 0. The second-order valence-electron chi connectivity index (χ2n) is 4.04. The second-order valence-corrected chi connectivity index (χ2v) is 5.05. The number of ether oxygens (including phenoxy) is 1. The van der Waals surface area contributed by atoms with Crippen LogP contribution >= 0.6 is 11.3 Å². The first-order valence-electron chi connectivity index (χ1n) is 5.54. The fraction of sp³-hybridized carbons (Fsp3) is 0.800. The van der Waals surface area contributed by atoms with Crippen molar-refractivity contribution >= 4 is 16.5 Å². The van der Waals surface area contributed by atoms with Crippen molar-refractivity contribution in [1.29, 1.82) is 0 Å². The van der Waals surface area contributed by atoms with Crippen LogP contribution in [0.1, 0.15) is 30.2 Å². The lowest BCUT2D eigenvalue weighted by atomic mass is 10.3. The molecule has 1 aromatic rings. The molecule has 1 fully saturated rings. The van der Waals surface area contributed by atoms with Crippen LogP contribution in [-0.2, 0) is 4.74 Å². The maximum atomic E-state index is 9.43. The number of aliphatic hydroxyl groups is 1. The zero-order valence-corrected chi connectivity index (χ0v) is 10.2. The standard InChI is InChI=1S/C10H17N3O2S/c1-15-6-8(14)4-5-11-10-13-12-9(16-10)7-2-3-7/h7-8,14H,2-6H2,1H3,(H,11,13). The van der Waals surface area contributed by atoms with Crippen LogP contribution in [0, 0.1) is 0 Å². The third kappa shape index (κ3) is 3.40. The quantitative estimate of drug-likeness (QED) is 0.754. The van der Waals surface area contributed by atoms with E-state index in [1.807, 2.05) is 0 Å². The number of aromatic nitrogens is 2. The molecule has 5 nitrogen and oxygen atoms in total. The summed E-state index contributed by atoms with van der Waals surface area (Å²) in [5, 5.41) is 22.8. The van der Waals surface area contributed by atoms with Gasteiger partial charge in [-0.15, -0.1) is 10.2 Å². The second kappa shape index (κ2) is 5.56. The molecule has 0 aliphatic heterocycles. The summed E-state index contributed by atoms with van der Waals surface area (Å²) in [6.07, 6.45) is 2.75. The predicted octanol–water partition coefficient (Wildman–Crippen LogP) is 1.22. The first kappa shape index (κ1) is 11.8. The van der Waals surface area contributed by atoms with Gasteiger partial charge < -0.3 is 15.2 Å². The molecular weight excluding hydrogens is 226 g/mol. The molecule has 2 rings (SSSR count). The molecule has 1 saturated carbocycles. The van der Waals surface area contributed by atoms with Crippen molar-refractivity contribution in [3.63, 3.8) is 0 Å². The number of methoxy groups -OCH3 is 1. The van der Waals surface area contributed by atoms with Gasteiger partial charge in [-0.25, -0.2) is 0 Å². The lowest BCUT2D eigenvalue weighted by molar-refractivity contribution is 0.0615. The van der Waals surface area contributed by atoms with Gasteiger partial charge in [0.05, 0.1) is 12.7 Å². The van der Waals surface area contributed by atoms with Gasteiger partial charge in [-0.2, -0.15) is 0 Å². The summed E-state index contributed by atoms with van der Waals surface area (Å²) in [7, 11) is 1.59. The van der Waals surface area contributed by atoms with Gasteiger partial charge in [-0.1, -0.05) is 11.3 Å². The maximum Gasteiger partial charge on any atom is 0.205 e. The molecule has 1 atom stereocenters. The number of aliphatic hydroxyl groups excluding tert-OH is 1. The molecule has 2 N–H and O–H groups in total. The van der Waals surface area contributed by atoms with E-state index in [4.69, 9.17) is 4.74 Å². The third-order valence-corrected chi connectivity index (χ3v) is 3.52. The van der Waals surface area contributed by atoms with Gasteiger partial charge in [0, 0.05) is 19.6 Å². The number of hydrogen-bond acceptors (Lipinski definition) is 6. The van der Waals surface area contributed by atoms with Crippen LogP contribution in [0.15, 0.2) is 0 Å². The molecule has 0 radical (unpaired) electrons. The van der Waals surface area contributed by atoms with Crippen molar-refractivity contribution in [2.45, 2.75) is 31.3 Å². The zero-order valence-electron chi connectivity index (χ0n) is 9.35. The molecule has 0 aromatic carbocycles. The molecule has 1 aliphatic rings. The van der Waals surface area contributed by atoms with Gasteiger partial charge in [0.2, 0.25) is 5.13 Å². The van der Waals surface area contributed by atoms with Gasteiger partial charge in [0.1, 0.15) is 5.01 Å². The topological polar surface area (TPSA) is 67.3 Å². The lowest BCUT2D eigenvalue weighted by Crippen LogP contribution is -2.18. The molecule has 0 amide bonds. The van der Waals surface area contributed by atoms with Crippen LogP contribution in [-0.4, -0.2) is 41.7 Å². The smallest absolute Gasteiger partial charge is 0.205 e. The Balaban J connectivity index is 1.68. The minimum atomic E-state index is -0.409. The van der Waals surface area contributed by atoms with E-state index in [-0.39, 0.29) is 0 Å². The summed E-state index contributed by atoms with van der Waals surface area (Å²) in [6.45, 7) is 1.08. The Morgan fingerprint density at radius 3 is 3.06 bits per heavy atom. The molecule has 0 spiro atoms. The molecule has 1 heterocycles. The SMILES string of the molecule is COCC(O)CCNc1nnc(C2CC2)s1. The zero-order chi connectivity index (χ0) is 11.4. The summed E-state index contributed by atoms with van der Waals surface area (Å²) in [4.78, 5) is 0. The van der Waals surface area contributed by atoms with E-state index >= 15 is 0 Å². The number of nitrogens with one attached hydrogen (secondary N) is 1. The monoisotopic (exact) mass is 243 g/mol. The highest BCUT2D eigenvalue weighted by Crippen LogP contribution is 2.41. The Hall–Kier alpha value is -0.720. The number of hydrogen-bond donors (Lipinski definition) is 2. The fourth-order valence-corrected chi connectivity index (χ4v) is 2.36. The van der Waals surface area contributed by atoms with Crippen LogP contribution in [0.5, 0.6) is 0 Å². The minimum absolute atomic E-state index is 0.380. The number of rotatable bonds is 7. The van der Waals surface area contributed by atoms with Crippen molar-refractivity contribution < 1.29 is 9.84 Å². The van der Waals surface area contributed by atoms with Crippen LogP contribution in [0.2, 0.25) is 0 Å². The number of anilines is 1. The van der Waals surface area contributed by atoms with Gasteiger partial charge in [-0.05, 0) is 19.3 Å². The van der Waals surface area contributed by atoms with Gasteiger partial charge in [0.15, 0.2) is 0 Å². The van der Waals surface area contributed by atoms with E-state index in [2.05, 4.69) is 15.5 Å². The molecule has 6 heteroatoms. The highest BCUT2D eigenvalue weighted by atomic mass is 32.1. The van der Waals surface area contributed by atoms with E-state index in [1.54, 1.807) is 18.4 Å². The molecule has 16 heavy (non-hydrogen) atoms. The van der Waals surface area contributed by atoms with E-state index in [1.165, 1.54) is 12.8 Å². The highest BCUT2D eigenvalue weighted by molar-refractivity contribution is 7.15. The summed E-state index contributed by atoms with van der Waals surface area (Å²) < 4.78 is 4.85. The normalized spacial score (nSPS) is 17.4. The Bertz CT molecular complexity index is 328. The number of nitrogens with zero attached hydrogens (tertiary/aromatic N) is 2.